The minimum atomic E-state index is -0.175. The third kappa shape index (κ3) is 4.34. The number of nitrogens with zero attached hydrogens (tertiary/aromatic N) is 2. The Morgan fingerprint density at radius 2 is 1.65 bits per heavy atom. The SMILES string of the molecule is CC(=O)N(c1ccc(Cl)cc1)[C@@H]1C[C@H](C)N(C(=O)c2ccc(I)cc2)c2ccccc21. The molecule has 0 N–H and O–H groups in total. The maximum Gasteiger partial charge on any atom is 0.258 e. The van der Waals surface area contributed by atoms with Crippen LogP contribution >= 0.6 is 34.2 Å². The lowest BCUT2D eigenvalue weighted by molar-refractivity contribution is -0.117. The van der Waals surface area contributed by atoms with E-state index in [-0.39, 0.29) is 23.9 Å². The van der Waals surface area contributed by atoms with Crippen molar-refractivity contribution in [2.45, 2.75) is 32.4 Å². The van der Waals surface area contributed by atoms with Crippen LogP contribution in [0.3, 0.4) is 0 Å². The molecule has 1 heterocycles. The van der Waals surface area contributed by atoms with Gasteiger partial charge in [0.2, 0.25) is 5.91 Å². The first-order valence-corrected chi connectivity index (χ1v) is 11.6. The van der Waals surface area contributed by atoms with Gasteiger partial charge in [-0.1, -0.05) is 29.8 Å². The largest absolute Gasteiger partial charge is 0.305 e. The number of amides is 2. The van der Waals surface area contributed by atoms with Crippen LogP contribution in [0.1, 0.15) is 42.2 Å². The number of hydrogen-bond acceptors (Lipinski definition) is 2. The smallest absolute Gasteiger partial charge is 0.258 e. The van der Waals surface area contributed by atoms with Crippen molar-refractivity contribution in [3.05, 3.63) is 92.5 Å². The van der Waals surface area contributed by atoms with E-state index in [2.05, 4.69) is 22.6 Å². The lowest BCUT2D eigenvalue weighted by Crippen LogP contribution is -2.47. The molecule has 1 aliphatic rings. The van der Waals surface area contributed by atoms with E-state index < -0.39 is 0 Å². The van der Waals surface area contributed by atoms with Gasteiger partial charge in [0.05, 0.1) is 6.04 Å². The molecule has 4 rings (SSSR count). The Morgan fingerprint density at radius 1 is 1.00 bits per heavy atom. The first kappa shape index (κ1) is 21.8. The van der Waals surface area contributed by atoms with Crippen molar-refractivity contribution < 1.29 is 9.59 Å². The number of carbonyl (C=O) groups excluding carboxylic acids is 2. The monoisotopic (exact) mass is 544 g/mol. The molecular weight excluding hydrogens is 523 g/mol. The molecule has 1 aliphatic heterocycles. The molecule has 0 fully saturated rings. The molecule has 4 nitrogen and oxygen atoms in total. The normalized spacial score (nSPS) is 17.7. The molecule has 31 heavy (non-hydrogen) atoms. The molecule has 0 aliphatic carbocycles. The zero-order chi connectivity index (χ0) is 22.1. The second kappa shape index (κ2) is 9.01. The predicted molar refractivity (Wildman–Crippen MR) is 134 cm³/mol. The Balaban J connectivity index is 1.77. The van der Waals surface area contributed by atoms with Crippen LogP contribution in [0.25, 0.3) is 0 Å². The molecule has 0 spiro atoms. The fourth-order valence-corrected chi connectivity index (χ4v) is 4.74. The molecule has 2 amide bonds. The van der Waals surface area contributed by atoms with Gasteiger partial charge in [-0.2, -0.15) is 0 Å². The first-order valence-electron chi connectivity index (χ1n) is 10.1. The average molecular weight is 545 g/mol. The fraction of sp³-hybridized carbons (Fsp3) is 0.200. The summed E-state index contributed by atoms with van der Waals surface area (Å²) in [5, 5.41) is 0.624. The van der Waals surface area contributed by atoms with Crippen molar-refractivity contribution in [3.63, 3.8) is 0 Å². The van der Waals surface area contributed by atoms with Crippen molar-refractivity contribution in [1.82, 2.24) is 0 Å². The maximum atomic E-state index is 13.4. The highest BCUT2D eigenvalue weighted by atomic mass is 127. The van der Waals surface area contributed by atoms with Crippen molar-refractivity contribution in [3.8, 4) is 0 Å². The van der Waals surface area contributed by atoms with Gasteiger partial charge in [-0.3, -0.25) is 9.59 Å². The van der Waals surface area contributed by atoms with Crippen LogP contribution in [0.4, 0.5) is 11.4 Å². The van der Waals surface area contributed by atoms with E-state index in [0.29, 0.717) is 17.0 Å². The molecule has 2 atom stereocenters. The van der Waals surface area contributed by atoms with Crippen LogP contribution in [0.2, 0.25) is 5.02 Å². The second-order valence-corrected chi connectivity index (χ2v) is 9.39. The molecule has 3 aromatic carbocycles. The van der Waals surface area contributed by atoms with Gasteiger partial charge in [-0.05, 0) is 96.1 Å². The van der Waals surface area contributed by atoms with Crippen LogP contribution in [-0.4, -0.2) is 17.9 Å². The summed E-state index contributed by atoms with van der Waals surface area (Å²) >= 11 is 8.29. The van der Waals surface area contributed by atoms with E-state index in [1.54, 1.807) is 24.0 Å². The van der Waals surface area contributed by atoms with Gasteiger partial charge < -0.3 is 9.80 Å². The van der Waals surface area contributed by atoms with Crippen molar-refractivity contribution in [2.24, 2.45) is 0 Å². The summed E-state index contributed by atoms with van der Waals surface area (Å²) < 4.78 is 1.08. The van der Waals surface area contributed by atoms with E-state index in [9.17, 15) is 9.59 Å². The van der Waals surface area contributed by atoms with Crippen molar-refractivity contribution >= 4 is 57.4 Å². The van der Waals surface area contributed by atoms with Crippen LogP contribution < -0.4 is 9.80 Å². The van der Waals surface area contributed by atoms with Gasteiger partial charge in [0.25, 0.3) is 5.91 Å². The number of halogens is 2. The molecule has 0 aromatic heterocycles. The van der Waals surface area contributed by atoms with Crippen LogP contribution in [0.15, 0.2) is 72.8 Å². The molecule has 0 unspecified atom stereocenters. The zero-order valence-electron chi connectivity index (χ0n) is 17.3. The first-order chi connectivity index (χ1) is 14.9. The van der Waals surface area contributed by atoms with Crippen LogP contribution in [0, 0.1) is 3.57 Å². The Hall–Kier alpha value is -2.38. The summed E-state index contributed by atoms with van der Waals surface area (Å²) in [6.45, 7) is 3.61. The molecular formula is C25H22ClIN2O2. The summed E-state index contributed by atoms with van der Waals surface area (Å²) in [4.78, 5) is 29.8. The lowest BCUT2D eigenvalue weighted by atomic mass is 9.89. The highest BCUT2D eigenvalue weighted by molar-refractivity contribution is 14.1. The number of anilines is 2. The zero-order valence-corrected chi connectivity index (χ0v) is 20.2. The Kier molecular flexibility index (Phi) is 6.34. The second-order valence-electron chi connectivity index (χ2n) is 7.71. The Morgan fingerprint density at radius 3 is 2.29 bits per heavy atom. The van der Waals surface area contributed by atoms with E-state index in [1.807, 2.05) is 72.5 Å². The molecule has 158 valence electrons. The van der Waals surface area contributed by atoms with E-state index >= 15 is 0 Å². The summed E-state index contributed by atoms with van der Waals surface area (Å²) in [7, 11) is 0. The summed E-state index contributed by atoms with van der Waals surface area (Å²) in [5.41, 5.74) is 3.25. The number of para-hydroxylation sites is 1. The number of benzene rings is 3. The van der Waals surface area contributed by atoms with Gasteiger partial charge in [0.1, 0.15) is 0 Å². The lowest BCUT2D eigenvalue weighted by Gasteiger charge is -2.43. The number of fused-ring (bicyclic) bond motifs is 1. The topological polar surface area (TPSA) is 40.6 Å². The summed E-state index contributed by atoms with van der Waals surface area (Å²) in [6, 6.07) is 22.5. The van der Waals surface area contributed by atoms with Gasteiger partial charge in [0.15, 0.2) is 0 Å². The van der Waals surface area contributed by atoms with Crippen molar-refractivity contribution in [2.75, 3.05) is 9.80 Å². The number of hydrogen-bond donors (Lipinski definition) is 0. The predicted octanol–water partition coefficient (Wildman–Crippen LogP) is 6.48. The summed E-state index contributed by atoms with van der Waals surface area (Å²) in [6.07, 6.45) is 0.634. The fourth-order valence-electron chi connectivity index (χ4n) is 4.25. The highest BCUT2D eigenvalue weighted by Crippen LogP contribution is 2.42. The Labute approximate surface area is 201 Å². The van der Waals surface area contributed by atoms with Gasteiger partial charge >= 0.3 is 0 Å². The molecule has 0 radical (unpaired) electrons. The maximum absolute atomic E-state index is 13.4. The molecule has 0 bridgehead atoms. The minimum absolute atomic E-state index is 0.0318. The van der Waals surface area contributed by atoms with Crippen molar-refractivity contribution in [1.29, 1.82) is 0 Å². The third-order valence-corrected chi connectivity index (χ3v) is 6.60. The standard InChI is InChI=1S/C25H22ClIN2O2/c1-16-15-24(29(17(2)30)21-13-9-19(26)10-14-21)22-5-3-4-6-23(22)28(16)25(31)18-7-11-20(27)12-8-18/h3-14,16,24H,15H2,1-2H3/t16-,24+/m0/s1. The summed E-state index contributed by atoms with van der Waals surface area (Å²) in [5.74, 6) is -0.0811. The third-order valence-electron chi connectivity index (χ3n) is 5.63. The molecule has 0 saturated heterocycles. The van der Waals surface area contributed by atoms with E-state index in [0.717, 1.165) is 20.5 Å². The number of rotatable bonds is 3. The van der Waals surface area contributed by atoms with Gasteiger partial charge in [-0.15, -0.1) is 0 Å². The molecule has 0 saturated carbocycles. The van der Waals surface area contributed by atoms with Gasteiger partial charge in [0, 0.05) is 38.5 Å². The molecule has 3 aromatic rings. The highest BCUT2D eigenvalue weighted by Gasteiger charge is 2.38. The minimum Gasteiger partial charge on any atom is -0.305 e. The van der Waals surface area contributed by atoms with E-state index in [1.165, 1.54) is 0 Å². The van der Waals surface area contributed by atoms with Crippen LogP contribution in [-0.2, 0) is 4.79 Å². The Bertz CT molecular complexity index is 1120. The number of carbonyl (C=O) groups is 2. The average Bonchev–Trinajstić information content (AvgIpc) is 2.75. The molecule has 6 heteroatoms. The van der Waals surface area contributed by atoms with Crippen LogP contribution in [0.5, 0.6) is 0 Å². The van der Waals surface area contributed by atoms with E-state index in [4.69, 9.17) is 11.6 Å². The quantitative estimate of drug-likeness (QED) is 0.354. The van der Waals surface area contributed by atoms with Gasteiger partial charge in [-0.25, -0.2) is 0 Å².